The summed E-state index contributed by atoms with van der Waals surface area (Å²) in [6.45, 7) is 0.931. The molecule has 0 aliphatic carbocycles. The van der Waals surface area contributed by atoms with Gasteiger partial charge >= 0.3 is 0 Å². The Balaban J connectivity index is 2.09. The molecule has 0 atom stereocenters. The lowest BCUT2D eigenvalue weighted by Gasteiger charge is -2.13. The summed E-state index contributed by atoms with van der Waals surface area (Å²) < 4.78 is 14.9. The molecule has 1 aromatic carbocycles. The molecule has 0 unspecified atom stereocenters. The maximum Gasteiger partial charge on any atom is 0.123 e. The van der Waals surface area contributed by atoms with E-state index in [1.54, 1.807) is 12.1 Å². The fraction of sp³-hybridized carbons (Fsp3) is 0.308. The van der Waals surface area contributed by atoms with Crippen LogP contribution in [0.15, 0.2) is 24.3 Å². The molecule has 0 fully saturated rings. The fourth-order valence-corrected chi connectivity index (χ4v) is 2.33. The number of fused-ring (bicyclic) bond motifs is 1. The van der Waals surface area contributed by atoms with Gasteiger partial charge < -0.3 is 0 Å². The standard InChI is InChI=1S/C13H12BFN2/c14-12-11-3-1-2-8-17(11)16-13(12)9-4-6-10(15)7-5-9/h4-7H,1-3,8H2. The van der Waals surface area contributed by atoms with E-state index < -0.39 is 0 Å². The number of nitrogens with zero attached hydrogens (tertiary/aromatic N) is 2. The third kappa shape index (κ3) is 1.77. The van der Waals surface area contributed by atoms with Crippen LogP contribution >= 0.6 is 0 Å². The van der Waals surface area contributed by atoms with Crippen LogP contribution in [0.2, 0.25) is 0 Å². The van der Waals surface area contributed by atoms with E-state index in [2.05, 4.69) is 5.10 Å². The van der Waals surface area contributed by atoms with Crippen LogP contribution in [0, 0.1) is 5.82 Å². The summed E-state index contributed by atoms with van der Waals surface area (Å²) in [5, 5.41) is 4.52. The van der Waals surface area contributed by atoms with Gasteiger partial charge in [0, 0.05) is 17.8 Å². The van der Waals surface area contributed by atoms with Crippen LogP contribution in [0.25, 0.3) is 11.3 Å². The highest BCUT2D eigenvalue weighted by Crippen LogP contribution is 2.20. The van der Waals surface area contributed by atoms with Crippen molar-refractivity contribution >= 4 is 13.3 Å². The topological polar surface area (TPSA) is 17.8 Å². The lowest BCUT2D eigenvalue weighted by atomic mass is 9.88. The lowest BCUT2D eigenvalue weighted by Crippen LogP contribution is -2.17. The van der Waals surface area contributed by atoms with Gasteiger partial charge in [0.25, 0.3) is 0 Å². The maximum absolute atomic E-state index is 12.9. The molecule has 3 rings (SSSR count). The van der Waals surface area contributed by atoms with Crippen LogP contribution in [0.1, 0.15) is 18.5 Å². The normalized spacial score (nSPS) is 14.6. The van der Waals surface area contributed by atoms with Crippen molar-refractivity contribution in [2.75, 3.05) is 0 Å². The molecule has 1 aliphatic rings. The minimum absolute atomic E-state index is 0.240. The van der Waals surface area contributed by atoms with E-state index in [0.717, 1.165) is 41.8 Å². The first-order valence-electron chi connectivity index (χ1n) is 5.87. The molecular formula is C13H12BFN2. The summed E-state index contributed by atoms with van der Waals surface area (Å²) in [4.78, 5) is 0. The Kier molecular flexibility index (Phi) is 2.50. The molecule has 1 aliphatic heterocycles. The first-order valence-corrected chi connectivity index (χ1v) is 5.87. The highest BCUT2D eigenvalue weighted by Gasteiger charge is 2.17. The van der Waals surface area contributed by atoms with Crippen LogP contribution in [0.3, 0.4) is 0 Å². The molecule has 0 spiro atoms. The average molecular weight is 226 g/mol. The predicted molar refractivity (Wildman–Crippen MR) is 65.9 cm³/mol. The first-order chi connectivity index (χ1) is 8.25. The van der Waals surface area contributed by atoms with E-state index >= 15 is 0 Å². The van der Waals surface area contributed by atoms with Gasteiger partial charge in [-0.25, -0.2) is 4.39 Å². The van der Waals surface area contributed by atoms with Crippen LogP contribution in [0.4, 0.5) is 4.39 Å². The van der Waals surface area contributed by atoms with Crippen molar-refractivity contribution in [2.45, 2.75) is 25.8 Å². The van der Waals surface area contributed by atoms with Crippen molar-refractivity contribution in [3.8, 4) is 11.3 Å². The third-order valence-electron chi connectivity index (χ3n) is 3.25. The van der Waals surface area contributed by atoms with Crippen molar-refractivity contribution in [1.29, 1.82) is 0 Å². The van der Waals surface area contributed by atoms with Gasteiger partial charge in [-0.3, -0.25) is 4.68 Å². The Labute approximate surface area is 101 Å². The van der Waals surface area contributed by atoms with Crippen molar-refractivity contribution in [3.63, 3.8) is 0 Å². The SMILES string of the molecule is [B]c1c(-c2ccc(F)cc2)nn2c1CCCC2. The van der Waals surface area contributed by atoms with E-state index in [9.17, 15) is 4.39 Å². The number of benzene rings is 1. The molecule has 0 N–H and O–H groups in total. The number of aryl methyl sites for hydroxylation is 1. The Morgan fingerprint density at radius 2 is 1.94 bits per heavy atom. The Bertz CT molecular complexity index is 545. The fourth-order valence-electron chi connectivity index (χ4n) is 2.33. The zero-order valence-electron chi connectivity index (χ0n) is 9.49. The second-order valence-corrected chi connectivity index (χ2v) is 4.40. The summed E-state index contributed by atoms with van der Waals surface area (Å²) >= 11 is 0. The maximum atomic E-state index is 12.9. The van der Waals surface area contributed by atoms with Crippen LogP contribution in [0.5, 0.6) is 0 Å². The Morgan fingerprint density at radius 3 is 2.65 bits per heavy atom. The number of rotatable bonds is 1. The number of aromatic nitrogens is 2. The Morgan fingerprint density at radius 1 is 1.18 bits per heavy atom. The highest BCUT2D eigenvalue weighted by atomic mass is 19.1. The van der Waals surface area contributed by atoms with Crippen LogP contribution in [-0.2, 0) is 13.0 Å². The monoisotopic (exact) mass is 226 g/mol. The second kappa shape index (κ2) is 4.02. The predicted octanol–water partition coefficient (Wildman–Crippen LogP) is 1.82. The molecule has 0 saturated carbocycles. The summed E-state index contributed by atoms with van der Waals surface area (Å²) in [5.74, 6) is -0.240. The molecule has 84 valence electrons. The van der Waals surface area contributed by atoms with E-state index in [1.165, 1.54) is 18.6 Å². The van der Waals surface area contributed by atoms with E-state index in [4.69, 9.17) is 7.85 Å². The quantitative estimate of drug-likeness (QED) is 0.678. The Hall–Kier alpha value is -1.58. The molecule has 4 heteroatoms. The molecular weight excluding hydrogens is 214 g/mol. The van der Waals surface area contributed by atoms with Gasteiger partial charge in [-0.1, -0.05) is 0 Å². The molecule has 2 radical (unpaired) electrons. The van der Waals surface area contributed by atoms with Gasteiger partial charge in [0.2, 0.25) is 0 Å². The number of hydrogen-bond donors (Lipinski definition) is 0. The minimum atomic E-state index is -0.240. The molecule has 1 aromatic heterocycles. The third-order valence-corrected chi connectivity index (χ3v) is 3.25. The molecule has 0 saturated heterocycles. The van der Waals surface area contributed by atoms with Crippen molar-refractivity contribution in [2.24, 2.45) is 0 Å². The molecule has 0 bridgehead atoms. The summed E-state index contributed by atoms with van der Waals surface area (Å²) in [6.07, 6.45) is 3.30. The van der Waals surface area contributed by atoms with E-state index in [0.29, 0.717) is 0 Å². The van der Waals surface area contributed by atoms with E-state index in [1.807, 2.05) is 4.68 Å². The molecule has 2 heterocycles. The van der Waals surface area contributed by atoms with Gasteiger partial charge in [0.05, 0.1) is 5.69 Å². The average Bonchev–Trinajstić information content (AvgIpc) is 2.69. The van der Waals surface area contributed by atoms with Crippen LogP contribution in [-0.4, -0.2) is 17.6 Å². The smallest absolute Gasteiger partial charge is 0.123 e. The zero-order chi connectivity index (χ0) is 11.8. The van der Waals surface area contributed by atoms with Crippen LogP contribution < -0.4 is 5.46 Å². The van der Waals surface area contributed by atoms with Gasteiger partial charge in [-0.15, -0.1) is 0 Å². The molecule has 0 amide bonds. The summed E-state index contributed by atoms with van der Waals surface area (Å²) in [5.41, 5.74) is 3.53. The second-order valence-electron chi connectivity index (χ2n) is 4.40. The molecule has 2 nitrogen and oxygen atoms in total. The first kappa shape index (κ1) is 10.6. The summed E-state index contributed by atoms with van der Waals surface area (Å²) in [7, 11) is 6.12. The van der Waals surface area contributed by atoms with Gasteiger partial charge in [0.15, 0.2) is 0 Å². The minimum Gasteiger partial charge on any atom is -0.270 e. The summed E-state index contributed by atoms with van der Waals surface area (Å²) in [6, 6.07) is 6.32. The van der Waals surface area contributed by atoms with E-state index in [-0.39, 0.29) is 5.82 Å². The number of halogens is 1. The van der Waals surface area contributed by atoms with Gasteiger partial charge in [-0.2, -0.15) is 5.10 Å². The largest absolute Gasteiger partial charge is 0.270 e. The molecule has 2 aromatic rings. The highest BCUT2D eigenvalue weighted by molar-refractivity contribution is 6.36. The van der Waals surface area contributed by atoms with Gasteiger partial charge in [-0.05, 0) is 49.0 Å². The van der Waals surface area contributed by atoms with Crippen molar-refractivity contribution < 1.29 is 4.39 Å². The zero-order valence-corrected chi connectivity index (χ0v) is 9.49. The molecule has 17 heavy (non-hydrogen) atoms. The van der Waals surface area contributed by atoms with Gasteiger partial charge in [0.1, 0.15) is 13.7 Å². The number of hydrogen-bond acceptors (Lipinski definition) is 1. The van der Waals surface area contributed by atoms with Crippen molar-refractivity contribution in [3.05, 3.63) is 35.8 Å². The lowest BCUT2D eigenvalue weighted by molar-refractivity contribution is 0.488. The van der Waals surface area contributed by atoms with Crippen molar-refractivity contribution in [1.82, 2.24) is 9.78 Å².